The monoisotopic (exact) mass is 213 g/mol. The third-order valence-electron chi connectivity index (χ3n) is 2.49. The Morgan fingerprint density at radius 3 is 2.13 bits per heavy atom. The van der Waals surface area contributed by atoms with Gasteiger partial charge in [0.05, 0.1) is 18.3 Å². The Labute approximate surface area is 92.3 Å². The normalized spacial score (nSPS) is 16.3. The maximum atomic E-state index is 9.12. The predicted molar refractivity (Wildman–Crippen MR) is 61.6 cm³/mol. The average Bonchev–Trinajstić information content (AvgIpc) is 2.77. The Balaban J connectivity index is 0.000000442. The third kappa shape index (κ3) is 3.02. The number of hydrogen-bond donors (Lipinski definition) is 1. The van der Waals surface area contributed by atoms with Crippen LogP contribution in [0.5, 0.6) is 0 Å². The molecule has 0 saturated heterocycles. The number of aliphatic hydroxyl groups is 1. The number of nitrogens with zero attached hydrogens (tertiary/aromatic N) is 3. The summed E-state index contributed by atoms with van der Waals surface area (Å²) >= 11 is 0. The fraction of sp³-hybridized carbons (Fsp3) is 0.818. The van der Waals surface area contributed by atoms with E-state index in [1.54, 1.807) is 10.9 Å². The van der Waals surface area contributed by atoms with Gasteiger partial charge < -0.3 is 5.11 Å². The molecule has 0 spiro atoms. The van der Waals surface area contributed by atoms with E-state index in [9.17, 15) is 0 Å². The molecule has 1 aromatic rings. The average molecular weight is 213 g/mol. The van der Waals surface area contributed by atoms with Crippen LogP contribution in [0.1, 0.15) is 47.0 Å². The van der Waals surface area contributed by atoms with Crippen LogP contribution in [-0.4, -0.2) is 26.7 Å². The Morgan fingerprint density at radius 2 is 1.87 bits per heavy atom. The molecule has 0 amide bonds. The molecule has 1 N–H and O–H groups in total. The van der Waals surface area contributed by atoms with Crippen molar-refractivity contribution in [3.8, 4) is 0 Å². The fourth-order valence-corrected chi connectivity index (χ4v) is 1.51. The minimum atomic E-state index is -0.115. The zero-order valence-corrected chi connectivity index (χ0v) is 10.3. The lowest BCUT2D eigenvalue weighted by molar-refractivity contribution is 0.0421. The van der Waals surface area contributed by atoms with Gasteiger partial charge in [-0.05, 0) is 19.3 Å². The van der Waals surface area contributed by atoms with E-state index in [0.717, 1.165) is 12.8 Å². The Hall–Kier alpha value is -0.900. The zero-order chi connectivity index (χ0) is 11.7. The van der Waals surface area contributed by atoms with Gasteiger partial charge in [-0.3, -0.25) is 0 Å². The van der Waals surface area contributed by atoms with Crippen LogP contribution in [-0.2, 0) is 5.54 Å². The summed E-state index contributed by atoms with van der Waals surface area (Å²) in [5.41, 5.74) is -0.115. The van der Waals surface area contributed by atoms with Gasteiger partial charge in [0, 0.05) is 6.20 Å². The van der Waals surface area contributed by atoms with Crippen LogP contribution in [0.4, 0.5) is 0 Å². The summed E-state index contributed by atoms with van der Waals surface area (Å²) in [6.45, 7) is 8.18. The largest absolute Gasteiger partial charge is 0.394 e. The Morgan fingerprint density at radius 1 is 1.27 bits per heavy atom. The molecule has 0 aliphatic heterocycles. The highest BCUT2D eigenvalue weighted by molar-refractivity contribution is 4.93. The van der Waals surface area contributed by atoms with E-state index in [1.165, 1.54) is 6.42 Å². The maximum absolute atomic E-state index is 9.12. The van der Waals surface area contributed by atoms with E-state index >= 15 is 0 Å². The first-order valence-electron chi connectivity index (χ1n) is 5.85. The quantitative estimate of drug-likeness (QED) is 0.819. The molecule has 0 bridgehead atoms. The maximum Gasteiger partial charge on any atom is 0.0874 e. The van der Waals surface area contributed by atoms with Gasteiger partial charge in [-0.15, -0.1) is 5.10 Å². The van der Waals surface area contributed by atoms with Gasteiger partial charge in [0.25, 0.3) is 0 Å². The molecule has 0 aromatic carbocycles. The smallest absolute Gasteiger partial charge is 0.0874 e. The molecule has 1 fully saturated rings. The lowest BCUT2D eigenvalue weighted by atomic mass is 9.77. The van der Waals surface area contributed by atoms with E-state index in [-0.39, 0.29) is 12.1 Å². The van der Waals surface area contributed by atoms with Gasteiger partial charge in [0.2, 0.25) is 0 Å². The lowest BCUT2D eigenvalue weighted by Crippen LogP contribution is -2.44. The van der Waals surface area contributed by atoms with Gasteiger partial charge in [-0.2, -0.15) is 0 Å². The first kappa shape index (κ1) is 14.1. The van der Waals surface area contributed by atoms with Crippen molar-refractivity contribution in [2.45, 2.75) is 52.5 Å². The second-order valence-electron chi connectivity index (χ2n) is 3.08. The topological polar surface area (TPSA) is 50.9 Å². The van der Waals surface area contributed by atoms with Crippen LogP contribution in [0.15, 0.2) is 12.4 Å². The fourth-order valence-electron chi connectivity index (χ4n) is 1.51. The van der Waals surface area contributed by atoms with Crippen LogP contribution >= 0.6 is 0 Å². The van der Waals surface area contributed by atoms with Crippen molar-refractivity contribution in [1.82, 2.24) is 15.0 Å². The molecule has 0 unspecified atom stereocenters. The molecule has 15 heavy (non-hydrogen) atoms. The molecule has 4 heteroatoms. The van der Waals surface area contributed by atoms with Crippen LogP contribution in [0.3, 0.4) is 0 Å². The van der Waals surface area contributed by atoms with E-state index in [4.69, 9.17) is 5.11 Å². The van der Waals surface area contributed by atoms with Crippen molar-refractivity contribution in [3.63, 3.8) is 0 Å². The predicted octanol–water partition coefficient (Wildman–Crippen LogP) is 2.20. The Bertz CT molecular complexity index is 224. The molecule has 2 rings (SSSR count). The van der Waals surface area contributed by atoms with Crippen LogP contribution in [0.2, 0.25) is 0 Å². The SMILES string of the molecule is CC.CC.OCC1(n2ccnn2)CCC1. The number of rotatable bonds is 2. The first-order chi connectivity index (χ1) is 7.37. The van der Waals surface area contributed by atoms with Crippen molar-refractivity contribution in [1.29, 1.82) is 0 Å². The second kappa shape index (κ2) is 7.40. The second-order valence-corrected chi connectivity index (χ2v) is 3.08. The first-order valence-corrected chi connectivity index (χ1v) is 5.85. The highest BCUT2D eigenvalue weighted by Gasteiger charge is 2.38. The summed E-state index contributed by atoms with van der Waals surface area (Å²) in [4.78, 5) is 0. The Kier molecular flexibility index (Phi) is 6.96. The summed E-state index contributed by atoms with van der Waals surface area (Å²) in [5, 5.41) is 16.7. The van der Waals surface area contributed by atoms with Crippen molar-refractivity contribution in [2.24, 2.45) is 0 Å². The van der Waals surface area contributed by atoms with Crippen molar-refractivity contribution >= 4 is 0 Å². The van der Waals surface area contributed by atoms with E-state index in [0.29, 0.717) is 0 Å². The molecule has 1 aromatic heterocycles. The number of aromatic nitrogens is 3. The molecule has 4 nitrogen and oxygen atoms in total. The minimum absolute atomic E-state index is 0.115. The van der Waals surface area contributed by atoms with Gasteiger partial charge in [-0.25, -0.2) is 4.68 Å². The van der Waals surface area contributed by atoms with Gasteiger partial charge in [-0.1, -0.05) is 32.9 Å². The van der Waals surface area contributed by atoms with Crippen molar-refractivity contribution in [2.75, 3.05) is 6.61 Å². The summed E-state index contributed by atoms with van der Waals surface area (Å²) in [6.07, 6.45) is 6.69. The van der Waals surface area contributed by atoms with Crippen molar-refractivity contribution < 1.29 is 5.11 Å². The minimum Gasteiger partial charge on any atom is -0.394 e. The van der Waals surface area contributed by atoms with Gasteiger partial charge in [0.15, 0.2) is 0 Å². The highest BCUT2D eigenvalue weighted by Crippen LogP contribution is 2.37. The molecular weight excluding hydrogens is 190 g/mol. The van der Waals surface area contributed by atoms with E-state index in [2.05, 4.69) is 10.3 Å². The number of aliphatic hydroxyl groups excluding tert-OH is 1. The molecule has 1 saturated carbocycles. The van der Waals surface area contributed by atoms with Crippen LogP contribution in [0, 0.1) is 0 Å². The lowest BCUT2D eigenvalue weighted by Gasteiger charge is -2.39. The zero-order valence-electron chi connectivity index (χ0n) is 10.3. The molecule has 88 valence electrons. The summed E-state index contributed by atoms with van der Waals surface area (Å²) in [5.74, 6) is 0. The number of hydrogen-bond acceptors (Lipinski definition) is 3. The van der Waals surface area contributed by atoms with Crippen molar-refractivity contribution in [3.05, 3.63) is 12.4 Å². The summed E-state index contributed by atoms with van der Waals surface area (Å²) in [7, 11) is 0. The molecular formula is C11H23N3O. The molecule has 1 heterocycles. The summed E-state index contributed by atoms with van der Waals surface area (Å²) in [6, 6.07) is 0. The van der Waals surface area contributed by atoms with E-state index < -0.39 is 0 Å². The van der Waals surface area contributed by atoms with E-state index in [1.807, 2.05) is 33.9 Å². The molecule has 1 aliphatic rings. The van der Waals surface area contributed by atoms with Gasteiger partial charge in [0.1, 0.15) is 0 Å². The molecule has 1 aliphatic carbocycles. The highest BCUT2D eigenvalue weighted by atomic mass is 16.3. The molecule has 0 radical (unpaired) electrons. The van der Waals surface area contributed by atoms with Gasteiger partial charge >= 0.3 is 0 Å². The summed E-state index contributed by atoms with van der Waals surface area (Å²) < 4.78 is 1.77. The molecule has 0 atom stereocenters. The van der Waals surface area contributed by atoms with Crippen LogP contribution in [0.25, 0.3) is 0 Å². The third-order valence-corrected chi connectivity index (χ3v) is 2.49. The van der Waals surface area contributed by atoms with Crippen LogP contribution < -0.4 is 0 Å². The standard InChI is InChI=1S/C7H11N3O.2C2H6/c11-6-7(2-1-3-7)10-5-4-8-9-10;2*1-2/h4-5,11H,1-3,6H2;2*1-2H3.